The zero-order valence-electron chi connectivity index (χ0n) is 14.6. The number of halogens is 1. The molecule has 7 nitrogen and oxygen atoms in total. The average molecular weight is 398 g/mol. The Balaban J connectivity index is 1.64. The number of amides is 2. The summed E-state index contributed by atoms with van der Waals surface area (Å²) in [5, 5.41) is 0.513. The van der Waals surface area contributed by atoms with Crippen LogP contribution in [0.1, 0.15) is 12.8 Å². The fraction of sp³-hybridized carbons (Fsp3) is 0.471. The van der Waals surface area contributed by atoms with Gasteiger partial charge < -0.3 is 14.5 Å². The number of fused-ring (bicyclic) bond motifs is 1. The molecule has 0 saturated carbocycles. The lowest BCUT2D eigenvalue weighted by Crippen LogP contribution is -2.44. The third-order valence-corrected chi connectivity index (χ3v) is 5.82. The van der Waals surface area contributed by atoms with Crippen molar-refractivity contribution >= 4 is 45.2 Å². The Morgan fingerprint density at radius 2 is 2.00 bits per heavy atom. The Hall–Kier alpha value is -2.06. The Morgan fingerprint density at radius 3 is 2.65 bits per heavy atom. The fourth-order valence-electron chi connectivity index (χ4n) is 2.91. The van der Waals surface area contributed by atoms with E-state index in [1.807, 2.05) is 0 Å². The number of carbonyl (C=O) groups is 2. The minimum absolute atomic E-state index is 0.0126. The molecule has 2 amide bonds. The summed E-state index contributed by atoms with van der Waals surface area (Å²) >= 11 is 7.17. The van der Waals surface area contributed by atoms with Crippen LogP contribution in [0.5, 0.6) is 0 Å². The Morgan fingerprint density at radius 1 is 1.31 bits per heavy atom. The van der Waals surface area contributed by atoms with E-state index < -0.39 is 0 Å². The number of nitrogens with zero attached hydrogens (tertiary/aromatic N) is 3. The van der Waals surface area contributed by atoms with Gasteiger partial charge in [-0.05, 0) is 12.1 Å². The third-order valence-electron chi connectivity index (χ3n) is 4.37. The molecule has 1 saturated heterocycles. The normalized spacial score (nSPS) is 15.3. The van der Waals surface area contributed by atoms with Gasteiger partial charge >= 0.3 is 11.0 Å². The molecule has 1 aromatic heterocycles. The first-order chi connectivity index (χ1) is 12.4. The van der Waals surface area contributed by atoms with E-state index in [1.54, 1.807) is 37.2 Å². The fourth-order valence-corrected chi connectivity index (χ4v) is 4.09. The minimum atomic E-state index is -0.372. The van der Waals surface area contributed by atoms with Gasteiger partial charge in [-0.3, -0.25) is 14.2 Å². The Kier molecular flexibility index (Phi) is 5.52. The maximum absolute atomic E-state index is 12.6. The average Bonchev–Trinajstić information content (AvgIpc) is 2.93. The molecule has 2 heterocycles. The van der Waals surface area contributed by atoms with E-state index in [2.05, 4.69) is 0 Å². The van der Waals surface area contributed by atoms with Crippen LogP contribution < -0.4 is 4.87 Å². The lowest BCUT2D eigenvalue weighted by Gasteiger charge is -2.32. The summed E-state index contributed by atoms with van der Waals surface area (Å²) in [5.41, 5.74) is 0.677. The zero-order chi connectivity index (χ0) is 18.8. The van der Waals surface area contributed by atoms with E-state index in [9.17, 15) is 14.4 Å². The number of carbonyl (C=O) groups excluding carboxylic acids is 2. The van der Waals surface area contributed by atoms with Crippen LogP contribution in [0.15, 0.2) is 23.0 Å². The van der Waals surface area contributed by atoms with Gasteiger partial charge in [0.25, 0.3) is 0 Å². The van der Waals surface area contributed by atoms with E-state index in [1.165, 1.54) is 9.47 Å². The highest BCUT2D eigenvalue weighted by Gasteiger charge is 2.26. The van der Waals surface area contributed by atoms with E-state index in [0.717, 1.165) is 11.3 Å². The first-order valence-electron chi connectivity index (χ1n) is 8.30. The molecule has 0 atom stereocenters. The molecule has 9 heteroatoms. The predicted molar refractivity (Wildman–Crippen MR) is 101 cm³/mol. The molecule has 1 fully saturated rings. The number of benzene rings is 1. The van der Waals surface area contributed by atoms with Crippen molar-refractivity contribution in [3.8, 4) is 0 Å². The van der Waals surface area contributed by atoms with Gasteiger partial charge in [0.2, 0.25) is 5.91 Å². The first-order valence-corrected chi connectivity index (χ1v) is 9.50. The summed E-state index contributed by atoms with van der Waals surface area (Å²) in [6.45, 7) is 0.991. The van der Waals surface area contributed by atoms with Gasteiger partial charge in [-0.1, -0.05) is 29.0 Å². The van der Waals surface area contributed by atoms with Gasteiger partial charge in [0.05, 0.1) is 15.2 Å². The summed E-state index contributed by atoms with van der Waals surface area (Å²) in [5.74, 6) is -0.121. The molecule has 1 aliphatic rings. The molecule has 0 unspecified atom stereocenters. The standard InChI is InChI=1S/C17H20ClN3O4S/c1-19(2)16(23)25-11-6-8-20(9-7-11)14(22)10-21-13-5-3-4-12(18)15(13)26-17(21)24/h3-5,11H,6-10H2,1-2H3. The van der Waals surface area contributed by atoms with Crippen LogP contribution in [0.4, 0.5) is 4.79 Å². The first kappa shape index (κ1) is 18.7. The van der Waals surface area contributed by atoms with Crippen LogP contribution in [0.3, 0.4) is 0 Å². The number of piperidine rings is 1. The van der Waals surface area contributed by atoms with E-state index in [-0.39, 0.29) is 29.5 Å². The van der Waals surface area contributed by atoms with Crippen molar-refractivity contribution < 1.29 is 14.3 Å². The predicted octanol–water partition coefficient (Wildman–Crippen LogP) is 2.41. The quantitative estimate of drug-likeness (QED) is 0.797. The monoisotopic (exact) mass is 397 g/mol. The lowest BCUT2D eigenvalue weighted by atomic mass is 10.1. The van der Waals surface area contributed by atoms with Crippen LogP contribution >= 0.6 is 22.9 Å². The lowest BCUT2D eigenvalue weighted by molar-refractivity contribution is -0.133. The number of aromatic nitrogens is 1. The van der Waals surface area contributed by atoms with Crippen molar-refractivity contribution in [2.75, 3.05) is 27.2 Å². The van der Waals surface area contributed by atoms with Gasteiger partial charge in [0, 0.05) is 40.0 Å². The Labute approximate surface area is 159 Å². The van der Waals surface area contributed by atoms with Crippen LogP contribution in [-0.4, -0.2) is 59.7 Å². The zero-order valence-corrected chi connectivity index (χ0v) is 16.2. The number of thiazole rings is 1. The highest BCUT2D eigenvalue weighted by atomic mass is 35.5. The summed E-state index contributed by atoms with van der Waals surface area (Å²) in [4.78, 5) is 39.3. The van der Waals surface area contributed by atoms with Crippen molar-refractivity contribution in [2.24, 2.45) is 0 Å². The second-order valence-corrected chi connectivity index (χ2v) is 7.77. The van der Waals surface area contributed by atoms with Crippen molar-refractivity contribution in [1.82, 2.24) is 14.4 Å². The summed E-state index contributed by atoms with van der Waals surface area (Å²) < 4.78 is 7.52. The smallest absolute Gasteiger partial charge is 0.409 e. The molecule has 1 aliphatic heterocycles. The maximum Gasteiger partial charge on any atom is 0.409 e. The van der Waals surface area contributed by atoms with Gasteiger partial charge in [-0.2, -0.15) is 0 Å². The van der Waals surface area contributed by atoms with Crippen molar-refractivity contribution in [3.05, 3.63) is 32.9 Å². The van der Waals surface area contributed by atoms with Crippen LogP contribution in [0.25, 0.3) is 10.2 Å². The molecular weight excluding hydrogens is 378 g/mol. The van der Waals surface area contributed by atoms with Crippen LogP contribution in [0.2, 0.25) is 5.02 Å². The molecular formula is C17H20ClN3O4S. The van der Waals surface area contributed by atoms with Crippen LogP contribution in [-0.2, 0) is 16.1 Å². The molecule has 0 radical (unpaired) electrons. The van der Waals surface area contributed by atoms with Crippen molar-refractivity contribution in [3.63, 3.8) is 0 Å². The van der Waals surface area contributed by atoms with Crippen molar-refractivity contribution in [1.29, 1.82) is 0 Å². The number of likely N-dealkylation sites (tertiary alicyclic amines) is 1. The van der Waals surface area contributed by atoms with Gasteiger partial charge in [-0.25, -0.2) is 4.79 Å². The van der Waals surface area contributed by atoms with Crippen molar-refractivity contribution in [2.45, 2.75) is 25.5 Å². The largest absolute Gasteiger partial charge is 0.446 e. The van der Waals surface area contributed by atoms with Gasteiger partial charge in [-0.15, -0.1) is 0 Å². The molecule has 3 rings (SSSR count). The summed E-state index contributed by atoms with van der Waals surface area (Å²) in [6, 6.07) is 5.29. The molecule has 1 aromatic carbocycles. The molecule has 0 N–H and O–H groups in total. The number of hydrogen-bond acceptors (Lipinski definition) is 5. The molecule has 0 bridgehead atoms. The summed E-state index contributed by atoms with van der Waals surface area (Å²) in [6.07, 6.45) is 0.632. The maximum atomic E-state index is 12.6. The van der Waals surface area contributed by atoms with Gasteiger partial charge in [0.1, 0.15) is 12.6 Å². The highest BCUT2D eigenvalue weighted by Crippen LogP contribution is 2.26. The number of rotatable bonds is 3. The Bertz CT molecular complexity index is 884. The topological polar surface area (TPSA) is 71.8 Å². The molecule has 2 aromatic rings. The number of hydrogen-bond donors (Lipinski definition) is 0. The van der Waals surface area contributed by atoms with Crippen LogP contribution in [0, 0.1) is 0 Å². The van der Waals surface area contributed by atoms with Gasteiger partial charge in [0.15, 0.2) is 0 Å². The van der Waals surface area contributed by atoms with E-state index in [4.69, 9.17) is 16.3 Å². The van der Waals surface area contributed by atoms with E-state index >= 15 is 0 Å². The molecule has 0 spiro atoms. The minimum Gasteiger partial charge on any atom is -0.446 e. The second kappa shape index (κ2) is 7.67. The second-order valence-electron chi connectivity index (χ2n) is 6.40. The van der Waals surface area contributed by atoms with E-state index in [0.29, 0.717) is 41.2 Å². The molecule has 0 aliphatic carbocycles. The molecule has 140 valence electrons. The molecule has 26 heavy (non-hydrogen) atoms. The SMILES string of the molecule is CN(C)C(=O)OC1CCN(C(=O)Cn2c(=O)sc3c(Cl)cccc32)CC1. The number of ether oxygens (including phenoxy) is 1. The highest BCUT2D eigenvalue weighted by molar-refractivity contribution is 7.17. The summed E-state index contributed by atoms with van der Waals surface area (Å²) in [7, 11) is 3.27. The third kappa shape index (κ3) is 3.86.